The Bertz CT molecular complexity index is 395. The molecule has 0 spiro atoms. The van der Waals surface area contributed by atoms with Crippen molar-refractivity contribution >= 4 is 0 Å². The van der Waals surface area contributed by atoms with Crippen molar-refractivity contribution in [1.82, 2.24) is 5.32 Å². The first-order valence-electron chi connectivity index (χ1n) is 6.54. The number of halogens is 2. The second-order valence-corrected chi connectivity index (χ2v) is 4.69. The second-order valence-electron chi connectivity index (χ2n) is 4.69. The molecule has 0 radical (unpaired) electrons. The molecule has 3 nitrogen and oxygen atoms in total. The van der Waals surface area contributed by atoms with Crippen LogP contribution < -0.4 is 10.1 Å². The lowest BCUT2D eigenvalue weighted by atomic mass is 10.0. The van der Waals surface area contributed by atoms with E-state index >= 15 is 0 Å². The van der Waals surface area contributed by atoms with Crippen LogP contribution in [0, 0.1) is 0 Å². The number of para-hydroxylation sites is 1. The van der Waals surface area contributed by atoms with Crippen molar-refractivity contribution in [2.24, 2.45) is 0 Å². The normalized spacial score (nSPS) is 18.5. The van der Waals surface area contributed by atoms with Gasteiger partial charge in [-0.3, -0.25) is 0 Å². The Kier molecular flexibility index (Phi) is 5.10. The van der Waals surface area contributed by atoms with Gasteiger partial charge in [0, 0.05) is 30.9 Å². The molecule has 2 rings (SSSR count). The first kappa shape index (κ1) is 14.2. The van der Waals surface area contributed by atoms with Gasteiger partial charge in [-0.1, -0.05) is 18.2 Å². The predicted molar refractivity (Wildman–Crippen MR) is 68.5 cm³/mol. The highest BCUT2D eigenvalue weighted by atomic mass is 19.3. The average Bonchev–Trinajstić information content (AvgIpc) is 2.39. The summed E-state index contributed by atoms with van der Waals surface area (Å²) in [6, 6.07) is 7.25. The number of rotatable bonds is 5. The molecule has 19 heavy (non-hydrogen) atoms. The molecule has 1 N–H and O–H groups in total. The van der Waals surface area contributed by atoms with E-state index in [2.05, 4.69) is 10.1 Å². The molecule has 1 unspecified atom stereocenters. The van der Waals surface area contributed by atoms with Crippen LogP contribution >= 0.6 is 0 Å². The lowest BCUT2D eigenvalue weighted by molar-refractivity contribution is -0.0507. The van der Waals surface area contributed by atoms with E-state index in [0.717, 1.165) is 31.6 Å². The summed E-state index contributed by atoms with van der Waals surface area (Å²) in [6.45, 7) is 0.666. The first-order chi connectivity index (χ1) is 9.16. The predicted octanol–water partition coefficient (Wildman–Crippen LogP) is 3.12. The van der Waals surface area contributed by atoms with Gasteiger partial charge in [0.15, 0.2) is 0 Å². The van der Waals surface area contributed by atoms with Gasteiger partial charge in [-0.05, 0) is 25.8 Å². The molecule has 1 aliphatic heterocycles. The number of hydrogen-bond donors (Lipinski definition) is 1. The van der Waals surface area contributed by atoms with E-state index < -0.39 is 6.61 Å². The van der Waals surface area contributed by atoms with Crippen molar-refractivity contribution in [3.05, 3.63) is 29.8 Å². The third-order valence-electron chi connectivity index (χ3n) is 3.31. The van der Waals surface area contributed by atoms with Gasteiger partial charge in [0.2, 0.25) is 0 Å². The van der Waals surface area contributed by atoms with Crippen LogP contribution in [0.5, 0.6) is 5.75 Å². The van der Waals surface area contributed by atoms with Gasteiger partial charge in [0.25, 0.3) is 0 Å². The zero-order valence-corrected chi connectivity index (χ0v) is 10.9. The van der Waals surface area contributed by atoms with E-state index in [-0.39, 0.29) is 11.8 Å². The van der Waals surface area contributed by atoms with Crippen LogP contribution in [0.15, 0.2) is 24.3 Å². The molecule has 0 aromatic heterocycles. The molecular weight excluding hydrogens is 252 g/mol. The van der Waals surface area contributed by atoms with Gasteiger partial charge < -0.3 is 14.8 Å². The molecule has 1 saturated heterocycles. The SMILES string of the molecule is CC(NC1CCOCC1)c1ccccc1OC(F)F. The van der Waals surface area contributed by atoms with Gasteiger partial charge in [-0.15, -0.1) is 0 Å². The Morgan fingerprint density at radius 1 is 1.26 bits per heavy atom. The molecule has 1 aromatic rings. The molecule has 1 aromatic carbocycles. The molecule has 1 fully saturated rings. The van der Waals surface area contributed by atoms with Crippen molar-refractivity contribution < 1.29 is 18.3 Å². The van der Waals surface area contributed by atoms with E-state index in [9.17, 15) is 8.78 Å². The molecule has 0 aliphatic carbocycles. The van der Waals surface area contributed by atoms with Crippen molar-refractivity contribution in [3.63, 3.8) is 0 Å². The summed E-state index contributed by atoms with van der Waals surface area (Å²) in [4.78, 5) is 0. The van der Waals surface area contributed by atoms with Crippen LogP contribution in [0.1, 0.15) is 31.4 Å². The average molecular weight is 271 g/mol. The van der Waals surface area contributed by atoms with Crippen molar-refractivity contribution in [3.8, 4) is 5.75 Å². The van der Waals surface area contributed by atoms with Gasteiger partial charge >= 0.3 is 6.61 Å². The third-order valence-corrected chi connectivity index (χ3v) is 3.31. The Hall–Kier alpha value is -1.20. The van der Waals surface area contributed by atoms with Gasteiger partial charge in [-0.25, -0.2) is 0 Å². The molecule has 106 valence electrons. The van der Waals surface area contributed by atoms with Crippen LogP contribution in [0.2, 0.25) is 0 Å². The Morgan fingerprint density at radius 2 is 1.95 bits per heavy atom. The molecule has 1 aliphatic rings. The summed E-state index contributed by atoms with van der Waals surface area (Å²) in [6.07, 6.45) is 1.89. The number of benzene rings is 1. The van der Waals surface area contributed by atoms with Crippen LogP contribution in [0.4, 0.5) is 8.78 Å². The number of ether oxygens (including phenoxy) is 2. The van der Waals surface area contributed by atoms with E-state index in [0.29, 0.717) is 6.04 Å². The molecule has 1 atom stereocenters. The zero-order chi connectivity index (χ0) is 13.7. The van der Waals surface area contributed by atoms with Gasteiger partial charge in [0.05, 0.1) is 0 Å². The molecule has 0 amide bonds. The largest absolute Gasteiger partial charge is 0.434 e. The number of alkyl halides is 2. The lowest BCUT2D eigenvalue weighted by Gasteiger charge is -2.27. The maximum absolute atomic E-state index is 12.4. The van der Waals surface area contributed by atoms with Crippen molar-refractivity contribution in [1.29, 1.82) is 0 Å². The Balaban J connectivity index is 2.02. The molecule has 0 saturated carbocycles. The van der Waals surface area contributed by atoms with E-state index in [1.807, 2.05) is 19.1 Å². The summed E-state index contributed by atoms with van der Waals surface area (Å²) >= 11 is 0. The lowest BCUT2D eigenvalue weighted by Crippen LogP contribution is -2.36. The third kappa shape index (κ3) is 4.14. The topological polar surface area (TPSA) is 30.5 Å². The highest BCUT2D eigenvalue weighted by molar-refractivity contribution is 5.35. The number of nitrogens with one attached hydrogen (secondary N) is 1. The van der Waals surface area contributed by atoms with Crippen LogP contribution in [0.25, 0.3) is 0 Å². The summed E-state index contributed by atoms with van der Waals surface area (Å²) < 4.78 is 34.6. The second kappa shape index (κ2) is 6.82. The summed E-state index contributed by atoms with van der Waals surface area (Å²) in [7, 11) is 0. The summed E-state index contributed by atoms with van der Waals surface area (Å²) in [5, 5.41) is 3.44. The highest BCUT2D eigenvalue weighted by Gasteiger charge is 2.19. The fraction of sp³-hybridized carbons (Fsp3) is 0.571. The Morgan fingerprint density at radius 3 is 2.63 bits per heavy atom. The first-order valence-corrected chi connectivity index (χ1v) is 6.54. The van der Waals surface area contributed by atoms with E-state index in [4.69, 9.17) is 4.74 Å². The zero-order valence-electron chi connectivity index (χ0n) is 10.9. The number of hydrogen-bond acceptors (Lipinski definition) is 3. The Labute approximate surface area is 111 Å². The standard InChI is InChI=1S/C14H19F2NO2/c1-10(17-11-6-8-18-9-7-11)12-4-2-3-5-13(12)19-14(15)16/h2-5,10-11,14,17H,6-9H2,1H3. The van der Waals surface area contributed by atoms with Gasteiger partial charge in [-0.2, -0.15) is 8.78 Å². The maximum Gasteiger partial charge on any atom is 0.387 e. The smallest absolute Gasteiger partial charge is 0.387 e. The minimum absolute atomic E-state index is 0.0296. The summed E-state index contributed by atoms with van der Waals surface area (Å²) in [5.41, 5.74) is 0.759. The van der Waals surface area contributed by atoms with Crippen LogP contribution in [-0.2, 0) is 4.74 Å². The van der Waals surface area contributed by atoms with Crippen molar-refractivity contribution in [2.45, 2.75) is 38.5 Å². The van der Waals surface area contributed by atoms with Crippen molar-refractivity contribution in [2.75, 3.05) is 13.2 Å². The monoisotopic (exact) mass is 271 g/mol. The van der Waals surface area contributed by atoms with E-state index in [1.54, 1.807) is 12.1 Å². The van der Waals surface area contributed by atoms with E-state index in [1.165, 1.54) is 0 Å². The minimum Gasteiger partial charge on any atom is -0.434 e. The summed E-state index contributed by atoms with van der Waals surface area (Å²) in [5.74, 6) is 0.240. The minimum atomic E-state index is -2.79. The molecule has 1 heterocycles. The maximum atomic E-state index is 12.4. The molecular formula is C14H19F2NO2. The fourth-order valence-electron chi connectivity index (χ4n) is 2.35. The van der Waals surface area contributed by atoms with Crippen LogP contribution in [-0.4, -0.2) is 25.9 Å². The quantitative estimate of drug-likeness (QED) is 0.892. The fourth-order valence-corrected chi connectivity index (χ4v) is 2.35. The molecule has 5 heteroatoms. The van der Waals surface area contributed by atoms with Gasteiger partial charge in [0.1, 0.15) is 5.75 Å². The van der Waals surface area contributed by atoms with Crippen LogP contribution in [0.3, 0.4) is 0 Å². The highest BCUT2D eigenvalue weighted by Crippen LogP contribution is 2.27. The molecule has 0 bridgehead atoms.